The van der Waals surface area contributed by atoms with Crippen LogP contribution >= 0.6 is 0 Å². The van der Waals surface area contributed by atoms with Crippen LogP contribution in [0.4, 0.5) is 13.2 Å². The molecule has 0 bridgehead atoms. The van der Waals surface area contributed by atoms with Crippen LogP contribution in [0.25, 0.3) is 33.8 Å². The van der Waals surface area contributed by atoms with E-state index in [1.54, 1.807) is 24.1 Å². The van der Waals surface area contributed by atoms with Crippen LogP contribution in [0.1, 0.15) is 73.6 Å². The minimum Gasteiger partial charge on any atom is -0.480 e. The Hall–Kier alpha value is -4.35. The van der Waals surface area contributed by atoms with E-state index in [0.717, 1.165) is 54.1 Å². The molecule has 1 saturated carbocycles. The van der Waals surface area contributed by atoms with Crippen molar-refractivity contribution >= 4 is 11.0 Å². The van der Waals surface area contributed by atoms with Gasteiger partial charge in [-0.05, 0) is 56.7 Å². The number of fused-ring (bicyclic) bond motifs is 2. The topological polar surface area (TPSA) is 96.4 Å². The number of aryl methyl sites for hydroxylation is 1. The number of aromatic nitrogens is 8. The minimum atomic E-state index is -4.51. The van der Waals surface area contributed by atoms with Gasteiger partial charge in [0.1, 0.15) is 17.7 Å². The zero-order valence-electron chi connectivity index (χ0n) is 22.7. The predicted octanol–water partition coefficient (Wildman–Crippen LogP) is 6.17. The van der Waals surface area contributed by atoms with E-state index in [2.05, 4.69) is 25.0 Å². The zero-order chi connectivity index (χ0) is 28.5. The van der Waals surface area contributed by atoms with E-state index >= 15 is 0 Å². The van der Waals surface area contributed by atoms with Crippen molar-refractivity contribution in [1.82, 2.24) is 39.3 Å². The fraction of sp³-hybridized carbons (Fsp3) is 0.379. The Kier molecular flexibility index (Phi) is 5.84. The summed E-state index contributed by atoms with van der Waals surface area (Å²) in [7, 11) is 1.58. The van der Waals surface area contributed by atoms with E-state index in [9.17, 15) is 13.2 Å². The molecular weight excluding hydrogens is 533 g/mol. The Balaban J connectivity index is 1.27. The van der Waals surface area contributed by atoms with Crippen LogP contribution in [-0.4, -0.2) is 46.4 Å². The van der Waals surface area contributed by atoms with Gasteiger partial charge in [-0.1, -0.05) is 12.1 Å². The van der Waals surface area contributed by atoms with Gasteiger partial charge in [0.25, 0.3) is 0 Å². The highest BCUT2D eigenvalue weighted by Gasteiger charge is 2.36. The van der Waals surface area contributed by atoms with Crippen molar-refractivity contribution < 1.29 is 17.9 Å². The maximum atomic E-state index is 13.4. The highest BCUT2D eigenvalue weighted by atomic mass is 19.4. The third kappa shape index (κ3) is 4.32. The Morgan fingerprint density at radius 1 is 1.02 bits per heavy atom. The first-order valence-corrected chi connectivity index (χ1v) is 13.6. The average Bonchev–Trinajstić information content (AvgIpc) is 3.36. The Morgan fingerprint density at radius 3 is 2.59 bits per heavy atom. The van der Waals surface area contributed by atoms with Crippen LogP contribution < -0.4 is 4.74 Å². The summed E-state index contributed by atoms with van der Waals surface area (Å²) in [6, 6.07) is 5.53. The predicted molar refractivity (Wildman–Crippen MR) is 144 cm³/mol. The molecule has 210 valence electrons. The molecular formula is C29H27F3N8O. The molecule has 5 aromatic rings. The molecule has 0 spiro atoms. The number of halogens is 3. The quantitative estimate of drug-likeness (QED) is 0.245. The summed E-state index contributed by atoms with van der Waals surface area (Å²) in [5.41, 5.74) is 4.20. The summed E-state index contributed by atoms with van der Waals surface area (Å²) in [6.07, 6.45) is 5.27. The highest BCUT2D eigenvalue weighted by molar-refractivity contribution is 5.78. The maximum absolute atomic E-state index is 13.4. The first kappa shape index (κ1) is 25.6. The average molecular weight is 561 g/mol. The number of methoxy groups -OCH3 is 1. The van der Waals surface area contributed by atoms with Gasteiger partial charge in [-0.25, -0.2) is 29.6 Å². The van der Waals surface area contributed by atoms with E-state index < -0.39 is 11.9 Å². The molecule has 41 heavy (non-hydrogen) atoms. The van der Waals surface area contributed by atoms with Crippen LogP contribution in [0, 0.1) is 0 Å². The number of hydrogen-bond donors (Lipinski definition) is 0. The number of ether oxygens (including phenoxy) is 1. The standard InChI is InChI=1S/C29H27F3N8O/c1-15(2)39-13-22(29(30,31)32)37-26(39)18-6-8-20-17(10-18)7-9-21(20)40-27-19(12-36-40)11-33-25(38-27)23-24(16-4-5-16)34-14-35-28(23)41-3/h6,8,10-16,21H,4-5,7,9H2,1-3H3/t21-/m1/s1. The lowest BCUT2D eigenvalue weighted by atomic mass is 10.0. The van der Waals surface area contributed by atoms with E-state index in [0.29, 0.717) is 40.2 Å². The second-order valence-corrected chi connectivity index (χ2v) is 10.9. The van der Waals surface area contributed by atoms with Gasteiger partial charge < -0.3 is 9.30 Å². The monoisotopic (exact) mass is 560 g/mol. The van der Waals surface area contributed by atoms with Gasteiger partial charge in [0, 0.05) is 29.9 Å². The van der Waals surface area contributed by atoms with Crippen LogP contribution in [0.5, 0.6) is 5.88 Å². The molecule has 7 rings (SSSR count). The number of hydrogen-bond acceptors (Lipinski definition) is 7. The molecule has 2 aliphatic carbocycles. The van der Waals surface area contributed by atoms with Gasteiger partial charge in [0.2, 0.25) is 5.88 Å². The highest BCUT2D eigenvalue weighted by Crippen LogP contribution is 2.45. The van der Waals surface area contributed by atoms with Crippen molar-refractivity contribution in [1.29, 1.82) is 0 Å². The second-order valence-electron chi connectivity index (χ2n) is 10.9. The SMILES string of the molecule is COc1ncnc(C2CC2)c1-c1ncc2cnn([C@@H]3CCc4cc(-c5nc(C(F)(F)F)cn5C(C)C)ccc43)c2n1. The lowest BCUT2D eigenvalue weighted by Crippen LogP contribution is -2.10. The fourth-order valence-electron chi connectivity index (χ4n) is 5.72. The molecule has 0 amide bonds. The molecule has 1 fully saturated rings. The van der Waals surface area contributed by atoms with Gasteiger partial charge in [-0.2, -0.15) is 18.3 Å². The van der Waals surface area contributed by atoms with Crippen molar-refractivity contribution in [2.24, 2.45) is 0 Å². The summed E-state index contributed by atoms with van der Waals surface area (Å²) >= 11 is 0. The first-order chi connectivity index (χ1) is 19.7. The molecule has 0 unspecified atom stereocenters. The maximum Gasteiger partial charge on any atom is 0.434 e. The third-order valence-corrected chi connectivity index (χ3v) is 7.88. The van der Waals surface area contributed by atoms with Crippen molar-refractivity contribution in [2.75, 3.05) is 7.11 Å². The van der Waals surface area contributed by atoms with Gasteiger partial charge in [0.05, 0.1) is 30.4 Å². The minimum absolute atomic E-state index is 0.0771. The van der Waals surface area contributed by atoms with E-state index in [1.807, 2.05) is 36.7 Å². The Morgan fingerprint density at radius 2 is 1.85 bits per heavy atom. The molecule has 0 aliphatic heterocycles. The smallest absolute Gasteiger partial charge is 0.434 e. The van der Waals surface area contributed by atoms with Crippen LogP contribution in [0.15, 0.2) is 43.1 Å². The molecule has 0 radical (unpaired) electrons. The molecule has 12 heteroatoms. The summed E-state index contributed by atoms with van der Waals surface area (Å²) in [5.74, 6) is 1.60. The van der Waals surface area contributed by atoms with Crippen molar-refractivity contribution in [2.45, 2.75) is 63.7 Å². The molecule has 2 aliphatic rings. The number of alkyl halides is 3. The van der Waals surface area contributed by atoms with E-state index in [-0.39, 0.29) is 12.1 Å². The van der Waals surface area contributed by atoms with Crippen molar-refractivity contribution in [3.8, 4) is 28.7 Å². The molecule has 1 aromatic carbocycles. The number of rotatable bonds is 6. The van der Waals surface area contributed by atoms with Crippen LogP contribution in [0.3, 0.4) is 0 Å². The molecule has 9 nitrogen and oxygen atoms in total. The van der Waals surface area contributed by atoms with Crippen LogP contribution in [0.2, 0.25) is 0 Å². The van der Waals surface area contributed by atoms with Gasteiger partial charge in [-0.3, -0.25) is 0 Å². The van der Waals surface area contributed by atoms with Gasteiger partial charge in [-0.15, -0.1) is 0 Å². The lowest BCUT2D eigenvalue weighted by Gasteiger charge is -2.15. The Bertz CT molecular complexity index is 1790. The molecule has 1 atom stereocenters. The summed E-state index contributed by atoms with van der Waals surface area (Å²) in [4.78, 5) is 22.3. The summed E-state index contributed by atoms with van der Waals surface area (Å²) in [5, 5.41) is 5.49. The zero-order valence-corrected chi connectivity index (χ0v) is 22.7. The van der Waals surface area contributed by atoms with E-state index in [1.165, 1.54) is 6.33 Å². The van der Waals surface area contributed by atoms with Crippen molar-refractivity contribution in [3.63, 3.8) is 0 Å². The number of nitrogens with zero attached hydrogens (tertiary/aromatic N) is 8. The second kappa shape index (κ2) is 9.35. The summed E-state index contributed by atoms with van der Waals surface area (Å²) in [6.45, 7) is 3.69. The van der Waals surface area contributed by atoms with Crippen LogP contribution in [-0.2, 0) is 12.6 Å². The summed E-state index contributed by atoms with van der Waals surface area (Å²) < 4.78 is 49.4. The molecule has 4 aromatic heterocycles. The molecule has 4 heterocycles. The third-order valence-electron chi connectivity index (χ3n) is 7.88. The fourth-order valence-corrected chi connectivity index (χ4v) is 5.72. The first-order valence-electron chi connectivity index (χ1n) is 13.6. The van der Waals surface area contributed by atoms with E-state index in [4.69, 9.17) is 9.72 Å². The van der Waals surface area contributed by atoms with Crippen molar-refractivity contribution in [3.05, 3.63) is 65.6 Å². The lowest BCUT2D eigenvalue weighted by molar-refractivity contribution is -0.140. The number of benzene rings is 1. The van der Waals surface area contributed by atoms with Gasteiger partial charge in [0.15, 0.2) is 17.2 Å². The number of imidazole rings is 1. The molecule has 0 saturated heterocycles. The largest absolute Gasteiger partial charge is 0.480 e. The molecule has 0 N–H and O–H groups in total. The Labute approximate surface area is 233 Å². The normalized spacial score (nSPS) is 17.0. The van der Waals surface area contributed by atoms with Gasteiger partial charge >= 0.3 is 6.18 Å².